The van der Waals surface area contributed by atoms with Gasteiger partial charge in [-0.1, -0.05) is 6.07 Å². The van der Waals surface area contributed by atoms with E-state index in [1.807, 2.05) is 38.3 Å². The van der Waals surface area contributed by atoms with Crippen molar-refractivity contribution in [1.29, 1.82) is 0 Å². The molecule has 1 atom stereocenters. The molecule has 0 unspecified atom stereocenters. The number of carboxylic acids is 1. The van der Waals surface area contributed by atoms with Crippen molar-refractivity contribution in [3.05, 3.63) is 29.0 Å². The molecule has 2 rings (SSSR count). The second-order valence-corrected chi connectivity index (χ2v) is 7.78. The zero-order chi connectivity index (χ0) is 15.6. The summed E-state index contributed by atoms with van der Waals surface area (Å²) in [5.41, 5.74) is 6.54. The Morgan fingerprint density at radius 1 is 1.62 bits per heavy atom. The van der Waals surface area contributed by atoms with Crippen LogP contribution in [0.3, 0.4) is 0 Å². The van der Waals surface area contributed by atoms with Crippen molar-refractivity contribution in [2.45, 2.75) is 37.3 Å². The Morgan fingerprint density at radius 2 is 2.33 bits per heavy atom. The Hall–Kier alpha value is -1.31. The van der Waals surface area contributed by atoms with E-state index in [0.717, 1.165) is 16.3 Å². The maximum atomic E-state index is 11.0. The number of nitrogens with two attached hydrogens (primary N) is 1. The molecule has 0 saturated carbocycles. The lowest BCUT2D eigenvalue weighted by atomic mass is 10.1. The van der Waals surface area contributed by atoms with E-state index in [2.05, 4.69) is 4.98 Å². The van der Waals surface area contributed by atoms with Gasteiger partial charge in [-0.3, -0.25) is 4.79 Å². The molecule has 0 radical (unpaired) electrons. The fourth-order valence-electron chi connectivity index (χ4n) is 1.71. The minimum Gasteiger partial charge on any atom is -0.480 e. The number of rotatable bonds is 6. The standard InChI is InChI=1S/C14H18N2O3S2/c1-8-9(7-21-14(2,3)11(15)13(17)18)16-12(19-8)10-5-4-6-20-10/h4-6,11H,7,15H2,1-3H3,(H,17,18)/t11-/m1/s1. The van der Waals surface area contributed by atoms with Crippen LogP contribution in [0.5, 0.6) is 0 Å². The molecule has 0 aliphatic carbocycles. The summed E-state index contributed by atoms with van der Waals surface area (Å²) in [7, 11) is 0. The molecule has 0 aromatic carbocycles. The fourth-order valence-corrected chi connectivity index (χ4v) is 3.42. The molecule has 0 fully saturated rings. The van der Waals surface area contributed by atoms with E-state index in [4.69, 9.17) is 15.3 Å². The lowest BCUT2D eigenvalue weighted by Crippen LogP contribution is -2.46. The minimum absolute atomic E-state index is 0.564. The number of carboxylic acid groups (broad SMARTS) is 1. The predicted molar refractivity (Wildman–Crippen MR) is 85.5 cm³/mol. The lowest BCUT2D eigenvalue weighted by molar-refractivity contribution is -0.139. The van der Waals surface area contributed by atoms with Gasteiger partial charge < -0.3 is 15.3 Å². The molecular formula is C14H18N2O3S2. The van der Waals surface area contributed by atoms with Crippen LogP contribution in [0.1, 0.15) is 25.3 Å². The summed E-state index contributed by atoms with van der Waals surface area (Å²) >= 11 is 3.04. The molecule has 5 nitrogen and oxygen atoms in total. The first kappa shape index (κ1) is 16.1. The van der Waals surface area contributed by atoms with Crippen molar-refractivity contribution in [3.8, 4) is 10.8 Å². The molecule has 0 bridgehead atoms. The molecule has 3 N–H and O–H groups in total. The highest BCUT2D eigenvalue weighted by Gasteiger charge is 2.33. The Labute approximate surface area is 131 Å². The van der Waals surface area contributed by atoms with Crippen molar-refractivity contribution < 1.29 is 14.3 Å². The molecule has 0 aliphatic heterocycles. The second kappa shape index (κ2) is 6.21. The molecule has 0 amide bonds. The van der Waals surface area contributed by atoms with Crippen molar-refractivity contribution in [1.82, 2.24) is 4.98 Å². The van der Waals surface area contributed by atoms with Crippen LogP contribution in [0.2, 0.25) is 0 Å². The normalized spacial score (nSPS) is 13.3. The van der Waals surface area contributed by atoms with Gasteiger partial charge in [0.1, 0.15) is 11.8 Å². The van der Waals surface area contributed by atoms with Crippen LogP contribution < -0.4 is 5.73 Å². The molecule has 114 valence electrons. The molecule has 2 heterocycles. The highest BCUT2D eigenvalue weighted by molar-refractivity contribution is 7.99. The summed E-state index contributed by atoms with van der Waals surface area (Å²) in [6.45, 7) is 5.52. The van der Waals surface area contributed by atoms with E-state index in [-0.39, 0.29) is 0 Å². The third-order valence-electron chi connectivity index (χ3n) is 3.22. The second-order valence-electron chi connectivity index (χ2n) is 5.21. The van der Waals surface area contributed by atoms with Crippen LogP contribution in [0.25, 0.3) is 10.8 Å². The summed E-state index contributed by atoms with van der Waals surface area (Å²) in [4.78, 5) is 16.5. The quantitative estimate of drug-likeness (QED) is 0.847. The Bertz CT molecular complexity index is 620. The van der Waals surface area contributed by atoms with Gasteiger partial charge in [-0.15, -0.1) is 23.1 Å². The smallest absolute Gasteiger partial charge is 0.321 e. The van der Waals surface area contributed by atoms with Gasteiger partial charge in [-0.25, -0.2) is 4.98 Å². The largest absolute Gasteiger partial charge is 0.480 e. The average Bonchev–Trinajstić information content (AvgIpc) is 3.04. The summed E-state index contributed by atoms with van der Waals surface area (Å²) in [5, 5.41) is 11.0. The van der Waals surface area contributed by atoms with Crippen LogP contribution in [-0.2, 0) is 10.5 Å². The average molecular weight is 326 g/mol. The maximum Gasteiger partial charge on any atom is 0.321 e. The number of oxazole rings is 1. The minimum atomic E-state index is -0.997. The topological polar surface area (TPSA) is 89.4 Å². The number of hydrogen-bond donors (Lipinski definition) is 2. The number of aromatic nitrogens is 1. The van der Waals surface area contributed by atoms with E-state index in [9.17, 15) is 4.79 Å². The van der Waals surface area contributed by atoms with Gasteiger partial charge in [0.15, 0.2) is 0 Å². The van der Waals surface area contributed by atoms with Crippen molar-refractivity contribution >= 4 is 29.1 Å². The molecular weight excluding hydrogens is 308 g/mol. The first-order chi connectivity index (χ1) is 9.81. The van der Waals surface area contributed by atoms with Gasteiger partial charge in [-0.2, -0.15) is 0 Å². The molecule has 7 heteroatoms. The van der Waals surface area contributed by atoms with Gasteiger partial charge in [0, 0.05) is 10.5 Å². The van der Waals surface area contributed by atoms with Gasteiger partial charge in [0.2, 0.25) is 5.89 Å². The third-order valence-corrected chi connectivity index (χ3v) is 5.49. The maximum absolute atomic E-state index is 11.0. The first-order valence-corrected chi connectivity index (χ1v) is 8.30. The van der Waals surface area contributed by atoms with Crippen molar-refractivity contribution in [3.63, 3.8) is 0 Å². The molecule has 0 spiro atoms. The van der Waals surface area contributed by atoms with E-state index < -0.39 is 16.8 Å². The first-order valence-electron chi connectivity index (χ1n) is 6.44. The Kier molecular flexibility index (Phi) is 4.75. The third kappa shape index (κ3) is 3.66. The zero-order valence-corrected chi connectivity index (χ0v) is 13.8. The Morgan fingerprint density at radius 3 is 2.90 bits per heavy atom. The van der Waals surface area contributed by atoms with Gasteiger partial charge in [-0.05, 0) is 32.2 Å². The number of thiophene rings is 1. The van der Waals surface area contributed by atoms with Crippen LogP contribution >= 0.6 is 23.1 Å². The molecule has 0 aliphatic rings. The zero-order valence-electron chi connectivity index (χ0n) is 12.1. The van der Waals surface area contributed by atoms with Gasteiger partial charge >= 0.3 is 5.97 Å². The van der Waals surface area contributed by atoms with E-state index >= 15 is 0 Å². The SMILES string of the molecule is Cc1oc(-c2cccs2)nc1CSC(C)(C)[C@H](N)C(=O)O. The van der Waals surface area contributed by atoms with Gasteiger partial charge in [0.05, 0.1) is 10.6 Å². The Balaban J connectivity index is 2.09. The summed E-state index contributed by atoms with van der Waals surface area (Å²) < 4.78 is 5.09. The number of nitrogens with zero attached hydrogens (tertiary/aromatic N) is 1. The van der Waals surface area contributed by atoms with Crippen LogP contribution in [0.15, 0.2) is 21.9 Å². The van der Waals surface area contributed by atoms with Crippen molar-refractivity contribution in [2.75, 3.05) is 0 Å². The van der Waals surface area contributed by atoms with Crippen LogP contribution in [0, 0.1) is 6.92 Å². The van der Waals surface area contributed by atoms with E-state index in [0.29, 0.717) is 11.6 Å². The number of thioether (sulfide) groups is 1. The fraction of sp³-hybridized carbons (Fsp3) is 0.429. The molecule has 2 aromatic heterocycles. The number of aryl methyl sites for hydroxylation is 1. The van der Waals surface area contributed by atoms with E-state index in [1.54, 1.807) is 11.3 Å². The number of aliphatic carboxylic acids is 1. The molecule has 21 heavy (non-hydrogen) atoms. The van der Waals surface area contributed by atoms with Crippen LogP contribution in [-0.4, -0.2) is 26.8 Å². The highest BCUT2D eigenvalue weighted by atomic mass is 32.2. The lowest BCUT2D eigenvalue weighted by Gasteiger charge is -2.27. The monoisotopic (exact) mass is 326 g/mol. The number of hydrogen-bond acceptors (Lipinski definition) is 6. The summed E-state index contributed by atoms with van der Waals surface area (Å²) in [5.74, 6) is 0.932. The van der Waals surface area contributed by atoms with Crippen molar-refractivity contribution in [2.24, 2.45) is 5.73 Å². The number of carbonyl (C=O) groups is 1. The summed E-state index contributed by atoms with van der Waals surface area (Å²) in [6.07, 6.45) is 0. The highest BCUT2D eigenvalue weighted by Crippen LogP contribution is 2.33. The van der Waals surface area contributed by atoms with Crippen LogP contribution in [0.4, 0.5) is 0 Å². The summed E-state index contributed by atoms with van der Waals surface area (Å²) in [6, 6.07) is 2.98. The van der Waals surface area contributed by atoms with E-state index in [1.165, 1.54) is 11.8 Å². The molecule has 0 saturated heterocycles. The van der Waals surface area contributed by atoms with Gasteiger partial charge in [0.25, 0.3) is 0 Å². The molecule has 2 aromatic rings. The predicted octanol–water partition coefficient (Wildman–Crippen LogP) is 3.14.